The summed E-state index contributed by atoms with van der Waals surface area (Å²) in [6.07, 6.45) is 4.07. The Hall–Kier alpha value is -0.470. The molecule has 0 aliphatic carbocycles. The number of hydrogen-bond acceptors (Lipinski definition) is 2. The Morgan fingerprint density at radius 3 is 3.14 bits per heavy atom. The average molecular weight is 214 g/mol. The summed E-state index contributed by atoms with van der Waals surface area (Å²) in [6.45, 7) is 1.11. The molecule has 14 heavy (non-hydrogen) atoms. The van der Waals surface area contributed by atoms with Crippen LogP contribution in [0.15, 0.2) is 22.8 Å². The molecule has 1 aliphatic rings. The smallest absolute Gasteiger partial charge is 0.120 e. The zero-order valence-electron chi connectivity index (χ0n) is 8.45. The van der Waals surface area contributed by atoms with E-state index in [2.05, 4.69) is 18.0 Å². The summed E-state index contributed by atoms with van der Waals surface area (Å²) in [5, 5.41) is 0. The number of nitrogens with zero attached hydrogens (tertiary/aromatic N) is 1. The lowest BCUT2D eigenvalue weighted by atomic mass is 9.91. The van der Waals surface area contributed by atoms with Crippen LogP contribution < -0.4 is 0 Å². The van der Waals surface area contributed by atoms with E-state index in [0.29, 0.717) is 12.0 Å². The van der Waals surface area contributed by atoms with Gasteiger partial charge in [0.25, 0.3) is 0 Å². The van der Waals surface area contributed by atoms with Gasteiger partial charge in [-0.1, -0.05) is 0 Å². The number of hydrogen-bond donors (Lipinski definition) is 0. The molecule has 0 N–H and O–H groups in total. The van der Waals surface area contributed by atoms with Gasteiger partial charge in [-0.2, -0.15) is 0 Å². The average Bonchev–Trinajstić information content (AvgIpc) is 2.71. The van der Waals surface area contributed by atoms with E-state index in [1.165, 1.54) is 6.42 Å². The summed E-state index contributed by atoms with van der Waals surface area (Å²) in [5.41, 5.74) is 0. The predicted octanol–water partition coefficient (Wildman–Crippen LogP) is 2.90. The van der Waals surface area contributed by atoms with Gasteiger partial charge >= 0.3 is 0 Å². The summed E-state index contributed by atoms with van der Waals surface area (Å²) >= 11 is 5.91. The van der Waals surface area contributed by atoms with E-state index < -0.39 is 0 Å². The molecule has 1 aromatic heterocycles. The van der Waals surface area contributed by atoms with Crippen LogP contribution in [0.1, 0.15) is 24.6 Å². The Morgan fingerprint density at radius 2 is 2.50 bits per heavy atom. The maximum atomic E-state index is 5.91. The minimum atomic E-state index is 0.419. The first-order valence-corrected chi connectivity index (χ1v) is 5.64. The first-order valence-electron chi connectivity index (χ1n) is 5.11. The zero-order valence-corrected chi connectivity index (χ0v) is 9.20. The van der Waals surface area contributed by atoms with Crippen molar-refractivity contribution >= 4 is 11.6 Å². The van der Waals surface area contributed by atoms with Crippen molar-refractivity contribution in [3.05, 3.63) is 24.2 Å². The molecule has 2 nitrogen and oxygen atoms in total. The SMILES string of the molecule is CN1CCC(CCl)CC1c1ccco1. The van der Waals surface area contributed by atoms with Crippen LogP contribution in [0, 0.1) is 5.92 Å². The van der Waals surface area contributed by atoms with Crippen molar-refractivity contribution in [1.82, 2.24) is 4.90 Å². The van der Waals surface area contributed by atoms with Gasteiger partial charge in [0.2, 0.25) is 0 Å². The van der Waals surface area contributed by atoms with Gasteiger partial charge in [0.05, 0.1) is 12.3 Å². The molecule has 0 bridgehead atoms. The summed E-state index contributed by atoms with van der Waals surface area (Å²) < 4.78 is 5.45. The lowest BCUT2D eigenvalue weighted by molar-refractivity contribution is 0.132. The van der Waals surface area contributed by atoms with Crippen molar-refractivity contribution in [2.45, 2.75) is 18.9 Å². The Morgan fingerprint density at radius 1 is 1.64 bits per heavy atom. The number of halogens is 1. The predicted molar refractivity (Wildman–Crippen MR) is 57.5 cm³/mol. The van der Waals surface area contributed by atoms with E-state index in [1.807, 2.05) is 6.07 Å². The lowest BCUT2D eigenvalue weighted by Crippen LogP contribution is -2.34. The van der Waals surface area contributed by atoms with E-state index in [9.17, 15) is 0 Å². The highest BCUT2D eigenvalue weighted by Crippen LogP contribution is 2.33. The Balaban J connectivity index is 2.09. The largest absolute Gasteiger partial charge is 0.468 e. The zero-order chi connectivity index (χ0) is 9.97. The molecule has 78 valence electrons. The minimum Gasteiger partial charge on any atom is -0.468 e. The first kappa shape index (κ1) is 10.1. The van der Waals surface area contributed by atoms with Gasteiger partial charge in [0, 0.05) is 5.88 Å². The number of rotatable bonds is 2. The van der Waals surface area contributed by atoms with E-state index in [1.54, 1.807) is 6.26 Å². The van der Waals surface area contributed by atoms with E-state index in [4.69, 9.17) is 16.0 Å². The van der Waals surface area contributed by atoms with Gasteiger partial charge in [-0.3, -0.25) is 4.90 Å². The Bertz CT molecular complexity index is 273. The van der Waals surface area contributed by atoms with Gasteiger partial charge in [0.1, 0.15) is 5.76 Å². The van der Waals surface area contributed by atoms with Crippen LogP contribution in [0.5, 0.6) is 0 Å². The fourth-order valence-electron chi connectivity index (χ4n) is 2.11. The van der Waals surface area contributed by atoms with Crippen LogP contribution >= 0.6 is 11.6 Å². The topological polar surface area (TPSA) is 16.4 Å². The second kappa shape index (κ2) is 4.37. The molecule has 2 heterocycles. The van der Waals surface area contributed by atoms with E-state index in [-0.39, 0.29) is 0 Å². The molecule has 0 saturated carbocycles. The van der Waals surface area contributed by atoms with E-state index in [0.717, 1.165) is 24.6 Å². The number of alkyl halides is 1. The van der Waals surface area contributed by atoms with Crippen LogP contribution in [-0.2, 0) is 0 Å². The molecule has 2 unspecified atom stereocenters. The molecule has 1 saturated heterocycles. The molecule has 2 atom stereocenters. The monoisotopic (exact) mass is 213 g/mol. The lowest BCUT2D eigenvalue weighted by Gasteiger charge is -2.35. The van der Waals surface area contributed by atoms with Gasteiger partial charge in [-0.05, 0) is 44.5 Å². The maximum Gasteiger partial charge on any atom is 0.120 e. The van der Waals surface area contributed by atoms with Crippen molar-refractivity contribution < 1.29 is 4.42 Å². The molecule has 0 spiro atoms. The minimum absolute atomic E-state index is 0.419. The first-order chi connectivity index (χ1) is 6.81. The van der Waals surface area contributed by atoms with Gasteiger partial charge in [-0.25, -0.2) is 0 Å². The van der Waals surface area contributed by atoms with Crippen LogP contribution in [-0.4, -0.2) is 24.4 Å². The van der Waals surface area contributed by atoms with Crippen LogP contribution in [0.4, 0.5) is 0 Å². The van der Waals surface area contributed by atoms with Crippen molar-refractivity contribution in [1.29, 1.82) is 0 Å². The Kier molecular flexibility index (Phi) is 3.14. The second-order valence-corrected chi connectivity index (χ2v) is 4.37. The summed E-state index contributed by atoms with van der Waals surface area (Å²) in [5.74, 6) is 2.48. The van der Waals surface area contributed by atoms with Crippen molar-refractivity contribution in [2.24, 2.45) is 5.92 Å². The third-order valence-corrected chi connectivity index (χ3v) is 3.50. The highest BCUT2D eigenvalue weighted by molar-refractivity contribution is 6.18. The standard InChI is InChI=1S/C11H16ClNO/c1-13-5-4-9(8-12)7-10(13)11-3-2-6-14-11/h2-3,6,9-10H,4-5,7-8H2,1H3. The molecule has 0 aromatic carbocycles. The number of likely N-dealkylation sites (tertiary alicyclic amines) is 1. The fraction of sp³-hybridized carbons (Fsp3) is 0.636. The fourth-order valence-corrected chi connectivity index (χ4v) is 2.39. The Labute approximate surface area is 89.8 Å². The van der Waals surface area contributed by atoms with Crippen molar-refractivity contribution in [3.63, 3.8) is 0 Å². The van der Waals surface area contributed by atoms with E-state index >= 15 is 0 Å². The second-order valence-electron chi connectivity index (χ2n) is 4.06. The molecule has 1 aliphatic heterocycles. The summed E-state index contributed by atoms with van der Waals surface area (Å²) in [6, 6.07) is 4.42. The van der Waals surface area contributed by atoms with Crippen LogP contribution in [0.25, 0.3) is 0 Å². The molecule has 0 amide bonds. The van der Waals surface area contributed by atoms with Crippen molar-refractivity contribution in [3.8, 4) is 0 Å². The molecule has 1 aromatic rings. The summed E-state index contributed by atoms with van der Waals surface area (Å²) in [4.78, 5) is 2.35. The highest BCUT2D eigenvalue weighted by Gasteiger charge is 2.28. The molecule has 0 radical (unpaired) electrons. The molecular formula is C11H16ClNO. The summed E-state index contributed by atoms with van der Waals surface area (Å²) in [7, 11) is 2.15. The third-order valence-electron chi connectivity index (χ3n) is 3.07. The normalized spacial score (nSPS) is 29.3. The van der Waals surface area contributed by atoms with Gasteiger partial charge in [0.15, 0.2) is 0 Å². The quantitative estimate of drug-likeness (QED) is 0.703. The van der Waals surface area contributed by atoms with Gasteiger partial charge < -0.3 is 4.42 Å². The number of piperidine rings is 1. The molecular weight excluding hydrogens is 198 g/mol. The van der Waals surface area contributed by atoms with Gasteiger partial charge in [-0.15, -0.1) is 11.6 Å². The molecule has 3 heteroatoms. The number of furan rings is 1. The third kappa shape index (κ3) is 1.96. The van der Waals surface area contributed by atoms with Crippen molar-refractivity contribution in [2.75, 3.05) is 19.5 Å². The van der Waals surface area contributed by atoms with Crippen LogP contribution in [0.2, 0.25) is 0 Å². The maximum absolute atomic E-state index is 5.91. The molecule has 1 fully saturated rings. The van der Waals surface area contributed by atoms with Crippen LogP contribution in [0.3, 0.4) is 0 Å². The highest BCUT2D eigenvalue weighted by atomic mass is 35.5. The molecule has 2 rings (SSSR count).